The normalized spacial score (nSPS) is 14.4. The third-order valence-corrected chi connectivity index (χ3v) is 5.33. The monoisotopic (exact) mass is 361 g/mol. The average molecular weight is 361 g/mol. The van der Waals surface area contributed by atoms with E-state index in [-0.39, 0.29) is 5.41 Å². The van der Waals surface area contributed by atoms with Crippen molar-refractivity contribution in [2.75, 3.05) is 6.54 Å². The number of benzene rings is 2. The minimum atomic E-state index is -0.120. The van der Waals surface area contributed by atoms with Crippen LogP contribution in [-0.4, -0.2) is 16.5 Å². The van der Waals surface area contributed by atoms with Gasteiger partial charge >= 0.3 is 0 Å². The van der Waals surface area contributed by atoms with E-state index in [0.717, 1.165) is 48.1 Å². The van der Waals surface area contributed by atoms with Crippen LogP contribution in [0.5, 0.6) is 11.5 Å². The molecule has 4 heteroatoms. The molecular weight excluding hydrogens is 334 g/mol. The SMILES string of the molecule is CCCNCc1cnc(-c2ccc3c(c2)C(C)(C)c2ccc(C)cc2O3)[nH]1. The zero-order valence-corrected chi connectivity index (χ0v) is 16.5. The molecule has 2 aromatic carbocycles. The maximum atomic E-state index is 6.21. The Morgan fingerprint density at radius 3 is 2.74 bits per heavy atom. The van der Waals surface area contributed by atoms with Crippen molar-refractivity contribution in [1.82, 2.24) is 15.3 Å². The van der Waals surface area contributed by atoms with Crippen molar-refractivity contribution in [3.05, 3.63) is 65.0 Å². The van der Waals surface area contributed by atoms with Crippen molar-refractivity contribution in [1.29, 1.82) is 0 Å². The van der Waals surface area contributed by atoms with Crippen LogP contribution in [0.3, 0.4) is 0 Å². The minimum absolute atomic E-state index is 0.120. The summed E-state index contributed by atoms with van der Waals surface area (Å²) < 4.78 is 6.21. The van der Waals surface area contributed by atoms with Crippen LogP contribution in [0.1, 0.15) is 49.6 Å². The van der Waals surface area contributed by atoms with Gasteiger partial charge in [0.1, 0.15) is 17.3 Å². The van der Waals surface area contributed by atoms with Crippen LogP contribution in [0, 0.1) is 6.92 Å². The summed E-state index contributed by atoms with van der Waals surface area (Å²) in [5.41, 5.74) is 5.70. The Morgan fingerprint density at radius 1 is 1.07 bits per heavy atom. The molecule has 2 heterocycles. The number of aromatic amines is 1. The molecule has 1 aliphatic rings. The molecule has 2 N–H and O–H groups in total. The van der Waals surface area contributed by atoms with Gasteiger partial charge < -0.3 is 15.0 Å². The second kappa shape index (κ2) is 6.86. The van der Waals surface area contributed by atoms with E-state index in [0.29, 0.717) is 0 Å². The van der Waals surface area contributed by atoms with Gasteiger partial charge in [-0.25, -0.2) is 4.98 Å². The Morgan fingerprint density at radius 2 is 1.93 bits per heavy atom. The maximum absolute atomic E-state index is 6.21. The van der Waals surface area contributed by atoms with Gasteiger partial charge in [-0.05, 0) is 49.7 Å². The van der Waals surface area contributed by atoms with Gasteiger partial charge in [-0.3, -0.25) is 0 Å². The Balaban J connectivity index is 1.67. The molecule has 4 rings (SSSR count). The Kier molecular flexibility index (Phi) is 4.52. The van der Waals surface area contributed by atoms with Gasteiger partial charge in [0, 0.05) is 40.5 Å². The highest BCUT2D eigenvalue weighted by molar-refractivity contribution is 5.65. The van der Waals surface area contributed by atoms with E-state index >= 15 is 0 Å². The summed E-state index contributed by atoms with van der Waals surface area (Å²) in [4.78, 5) is 8.02. The molecule has 0 saturated heterocycles. The molecule has 3 aromatic rings. The van der Waals surface area contributed by atoms with Crippen LogP contribution < -0.4 is 10.1 Å². The third kappa shape index (κ3) is 3.26. The van der Waals surface area contributed by atoms with Crippen molar-refractivity contribution in [2.24, 2.45) is 0 Å². The lowest BCUT2D eigenvalue weighted by atomic mass is 9.75. The topological polar surface area (TPSA) is 49.9 Å². The van der Waals surface area contributed by atoms with Gasteiger partial charge in [0.15, 0.2) is 0 Å². The molecule has 0 bridgehead atoms. The largest absolute Gasteiger partial charge is 0.457 e. The average Bonchev–Trinajstić information content (AvgIpc) is 3.10. The second-order valence-corrected chi connectivity index (χ2v) is 7.87. The number of nitrogens with one attached hydrogen (secondary N) is 2. The Hall–Kier alpha value is -2.59. The van der Waals surface area contributed by atoms with Gasteiger partial charge in [-0.1, -0.05) is 32.9 Å². The van der Waals surface area contributed by atoms with Crippen LogP contribution in [0.4, 0.5) is 0 Å². The number of imidazole rings is 1. The van der Waals surface area contributed by atoms with E-state index in [1.165, 1.54) is 16.7 Å². The standard InChI is InChI=1S/C23H27N3O/c1-5-10-24-13-17-14-25-22(26-17)16-7-9-20-19(12-16)23(3,4)18-8-6-15(2)11-21(18)27-20/h6-9,11-12,14,24H,5,10,13H2,1-4H3,(H,25,26). The summed E-state index contributed by atoms with van der Waals surface area (Å²) in [6, 6.07) is 12.8. The summed E-state index contributed by atoms with van der Waals surface area (Å²) in [5.74, 6) is 2.79. The van der Waals surface area contributed by atoms with Crippen LogP contribution in [0.25, 0.3) is 11.4 Å². The van der Waals surface area contributed by atoms with E-state index in [2.05, 4.69) is 79.4 Å². The van der Waals surface area contributed by atoms with Crippen LogP contribution in [0.2, 0.25) is 0 Å². The van der Waals surface area contributed by atoms with Crippen molar-refractivity contribution < 1.29 is 4.74 Å². The number of rotatable bonds is 5. The molecule has 1 aliphatic heterocycles. The number of hydrogen-bond acceptors (Lipinski definition) is 3. The van der Waals surface area contributed by atoms with Gasteiger partial charge in [0.2, 0.25) is 0 Å². The lowest BCUT2D eigenvalue weighted by Gasteiger charge is -2.35. The maximum Gasteiger partial charge on any atom is 0.137 e. The molecule has 0 spiro atoms. The minimum Gasteiger partial charge on any atom is -0.457 e. The Labute approximate surface area is 161 Å². The molecule has 0 atom stereocenters. The van der Waals surface area contributed by atoms with Gasteiger partial charge in [-0.15, -0.1) is 0 Å². The molecule has 0 unspecified atom stereocenters. The molecular formula is C23H27N3O. The molecule has 1 aromatic heterocycles. The first-order chi connectivity index (χ1) is 13.0. The van der Waals surface area contributed by atoms with E-state index in [4.69, 9.17) is 4.74 Å². The van der Waals surface area contributed by atoms with E-state index in [9.17, 15) is 0 Å². The summed E-state index contributed by atoms with van der Waals surface area (Å²) in [6.45, 7) is 10.6. The predicted octanol–water partition coefficient (Wildman–Crippen LogP) is 5.32. The summed E-state index contributed by atoms with van der Waals surface area (Å²) >= 11 is 0. The number of fused-ring (bicyclic) bond motifs is 2. The van der Waals surface area contributed by atoms with Crippen LogP contribution >= 0.6 is 0 Å². The smallest absolute Gasteiger partial charge is 0.137 e. The quantitative estimate of drug-likeness (QED) is 0.605. The van der Waals surface area contributed by atoms with Crippen molar-refractivity contribution in [2.45, 2.75) is 46.1 Å². The molecule has 0 saturated carbocycles. The Bertz CT molecular complexity index is 972. The fourth-order valence-corrected chi connectivity index (χ4v) is 3.74. The second-order valence-electron chi connectivity index (χ2n) is 7.87. The van der Waals surface area contributed by atoms with Crippen LogP contribution in [-0.2, 0) is 12.0 Å². The molecule has 0 radical (unpaired) electrons. The molecule has 27 heavy (non-hydrogen) atoms. The van der Waals surface area contributed by atoms with Gasteiger partial charge in [-0.2, -0.15) is 0 Å². The highest BCUT2D eigenvalue weighted by Gasteiger charge is 2.34. The molecule has 4 nitrogen and oxygen atoms in total. The number of nitrogens with zero attached hydrogens (tertiary/aromatic N) is 1. The van der Waals surface area contributed by atoms with Crippen molar-refractivity contribution >= 4 is 0 Å². The molecule has 0 fully saturated rings. The molecule has 0 aliphatic carbocycles. The first-order valence-corrected chi connectivity index (χ1v) is 9.67. The zero-order chi connectivity index (χ0) is 19.0. The van der Waals surface area contributed by atoms with Crippen LogP contribution in [0.15, 0.2) is 42.6 Å². The number of hydrogen-bond donors (Lipinski definition) is 2. The number of ether oxygens (including phenoxy) is 1. The van der Waals surface area contributed by atoms with Crippen molar-refractivity contribution in [3.63, 3.8) is 0 Å². The van der Waals surface area contributed by atoms with Gasteiger partial charge in [0.25, 0.3) is 0 Å². The fraction of sp³-hybridized carbons (Fsp3) is 0.348. The zero-order valence-electron chi connectivity index (χ0n) is 16.5. The lowest BCUT2D eigenvalue weighted by Crippen LogP contribution is -2.24. The number of aromatic nitrogens is 2. The third-order valence-electron chi connectivity index (χ3n) is 5.33. The predicted molar refractivity (Wildman–Crippen MR) is 109 cm³/mol. The first kappa shape index (κ1) is 17.8. The van der Waals surface area contributed by atoms with Gasteiger partial charge in [0.05, 0.1) is 0 Å². The first-order valence-electron chi connectivity index (χ1n) is 9.67. The van der Waals surface area contributed by atoms with Crippen molar-refractivity contribution in [3.8, 4) is 22.9 Å². The highest BCUT2D eigenvalue weighted by atomic mass is 16.5. The van der Waals surface area contributed by atoms with E-state index in [1.807, 2.05) is 6.20 Å². The fourth-order valence-electron chi connectivity index (χ4n) is 3.74. The highest BCUT2D eigenvalue weighted by Crippen LogP contribution is 2.48. The molecule has 0 amide bonds. The summed E-state index contributed by atoms with van der Waals surface area (Å²) in [6.07, 6.45) is 3.04. The lowest BCUT2D eigenvalue weighted by molar-refractivity contribution is 0.418. The van der Waals surface area contributed by atoms with E-state index in [1.54, 1.807) is 0 Å². The summed E-state index contributed by atoms with van der Waals surface area (Å²) in [5, 5.41) is 3.40. The number of aryl methyl sites for hydroxylation is 1. The van der Waals surface area contributed by atoms with E-state index < -0.39 is 0 Å². The number of H-pyrrole nitrogens is 1. The summed E-state index contributed by atoms with van der Waals surface area (Å²) in [7, 11) is 0. The molecule has 140 valence electrons.